The molecule has 1 fully saturated rings. The number of nitrogens with zero attached hydrogens (tertiary/aromatic N) is 5. The highest BCUT2D eigenvalue weighted by Gasteiger charge is 2.23. The Morgan fingerprint density at radius 2 is 2.00 bits per heavy atom. The Morgan fingerprint density at radius 3 is 2.72 bits per heavy atom. The van der Waals surface area contributed by atoms with Crippen molar-refractivity contribution in [3.05, 3.63) is 63.4 Å². The van der Waals surface area contributed by atoms with Crippen LogP contribution in [0.2, 0.25) is 5.02 Å². The van der Waals surface area contributed by atoms with Crippen molar-refractivity contribution in [2.24, 2.45) is 0 Å². The van der Waals surface area contributed by atoms with Crippen LogP contribution >= 0.6 is 23.4 Å². The standard InChI is InChI=1S/C20H18ClFN6O3S/c21-13-4-3-5-14(10-13)27-19(26-8-1-2-9-26)24-25-20(27)32-12-18(29)23-17-11-15(28(30)31)6-7-16(17)22/h3-7,10-11H,1-2,8-9,12H2,(H,23,29). The molecule has 1 aromatic heterocycles. The van der Waals surface area contributed by atoms with Gasteiger partial charge in [0.05, 0.1) is 22.1 Å². The molecule has 0 bridgehead atoms. The number of carbonyl (C=O) groups excluding carboxylic acids is 1. The van der Waals surface area contributed by atoms with Gasteiger partial charge in [-0.1, -0.05) is 29.4 Å². The van der Waals surface area contributed by atoms with Crippen molar-refractivity contribution >= 4 is 46.6 Å². The Labute approximate surface area is 191 Å². The van der Waals surface area contributed by atoms with Crippen molar-refractivity contribution in [1.29, 1.82) is 0 Å². The van der Waals surface area contributed by atoms with Crippen LogP contribution in [0.15, 0.2) is 47.6 Å². The maximum Gasteiger partial charge on any atom is 0.271 e. The van der Waals surface area contributed by atoms with Crippen LogP contribution in [0.3, 0.4) is 0 Å². The first-order valence-electron chi connectivity index (χ1n) is 9.75. The maximum absolute atomic E-state index is 14.0. The van der Waals surface area contributed by atoms with E-state index in [0.717, 1.165) is 61.6 Å². The number of halogens is 2. The van der Waals surface area contributed by atoms with E-state index >= 15 is 0 Å². The van der Waals surface area contributed by atoms with Gasteiger partial charge in [0.25, 0.3) is 5.69 Å². The minimum Gasteiger partial charge on any atom is -0.341 e. The van der Waals surface area contributed by atoms with Gasteiger partial charge in [-0.2, -0.15) is 0 Å². The first-order chi connectivity index (χ1) is 15.4. The lowest BCUT2D eigenvalue weighted by molar-refractivity contribution is -0.384. The van der Waals surface area contributed by atoms with Gasteiger partial charge in [-0.3, -0.25) is 19.5 Å². The van der Waals surface area contributed by atoms with Gasteiger partial charge in [0, 0.05) is 30.2 Å². The third kappa shape index (κ3) is 4.83. The van der Waals surface area contributed by atoms with Crippen LogP contribution in [0, 0.1) is 15.9 Å². The molecule has 1 amide bonds. The molecule has 0 radical (unpaired) electrons. The molecular weight excluding hydrogens is 459 g/mol. The molecular formula is C20H18ClFN6O3S. The van der Waals surface area contributed by atoms with Crippen LogP contribution in [-0.4, -0.2) is 44.4 Å². The Morgan fingerprint density at radius 1 is 1.22 bits per heavy atom. The molecule has 1 aliphatic heterocycles. The highest BCUT2D eigenvalue weighted by Crippen LogP contribution is 2.30. The zero-order chi connectivity index (χ0) is 22.7. The second-order valence-corrected chi connectivity index (χ2v) is 8.43. The van der Waals surface area contributed by atoms with E-state index in [0.29, 0.717) is 16.1 Å². The summed E-state index contributed by atoms with van der Waals surface area (Å²) in [5.74, 6) is -0.719. The number of thioether (sulfide) groups is 1. The molecule has 0 unspecified atom stereocenters. The average Bonchev–Trinajstić information content (AvgIpc) is 3.43. The number of carbonyl (C=O) groups is 1. The molecule has 12 heteroatoms. The van der Waals surface area contributed by atoms with Crippen LogP contribution < -0.4 is 10.2 Å². The largest absolute Gasteiger partial charge is 0.341 e. The molecule has 3 aromatic rings. The number of aromatic nitrogens is 3. The molecule has 4 rings (SSSR count). The number of nitro benzene ring substituents is 1. The topological polar surface area (TPSA) is 106 Å². The Hall–Kier alpha value is -3.18. The first kappa shape index (κ1) is 22.0. The van der Waals surface area contributed by atoms with Crippen LogP contribution in [0.1, 0.15) is 12.8 Å². The summed E-state index contributed by atoms with van der Waals surface area (Å²) >= 11 is 7.29. The predicted octanol–water partition coefficient (Wildman–Crippen LogP) is 4.30. The predicted molar refractivity (Wildman–Crippen MR) is 120 cm³/mol. The van der Waals surface area contributed by atoms with E-state index in [-0.39, 0.29) is 17.1 Å². The average molecular weight is 477 g/mol. The number of nitrogens with one attached hydrogen (secondary N) is 1. The second-order valence-electron chi connectivity index (χ2n) is 7.05. The number of anilines is 2. The van der Waals surface area contributed by atoms with E-state index in [1.165, 1.54) is 0 Å². The maximum atomic E-state index is 14.0. The highest BCUT2D eigenvalue weighted by atomic mass is 35.5. The first-order valence-corrected chi connectivity index (χ1v) is 11.1. The van der Waals surface area contributed by atoms with Crippen molar-refractivity contribution in [2.45, 2.75) is 18.0 Å². The van der Waals surface area contributed by atoms with E-state index in [9.17, 15) is 19.3 Å². The van der Waals surface area contributed by atoms with Crippen LogP contribution in [0.4, 0.5) is 21.7 Å². The van der Waals surface area contributed by atoms with Crippen molar-refractivity contribution in [3.63, 3.8) is 0 Å². The molecule has 1 aliphatic rings. The number of hydrogen-bond donors (Lipinski definition) is 1. The second kappa shape index (κ2) is 9.53. The third-order valence-corrected chi connectivity index (χ3v) is 6.00. The molecule has 1 N–H and O–H groups in total. The van der Waals surface area contributed by atoms with Crippen LogP contribution in [-0.2, 0) is 4.79 Å². The summed E-state index contributed by atoms with van der Waals surface area (Å²) in [6.07, 6.45) is 2.12. The number of amides is 1. The fourth-order valence-electron chi connectivity index (χ4n) is 3.36. The molecule has 0 aliphatic carbocycles. The van der Waals surface area contributed by atoms with Crippen molar-refractivity contribution in [2.75, 3.05) is 29.1 Å². The smallest absolute Gasteiger partial charge is 0.271 e. The van der Waals surface area contributed by atoms with Crippen molar-refractivity contribution < 1.29 is 14.1 Å². The summed E-state index contributed by atoms with van der Waals surface area (Å²) in [6.45, 7) is 1.71. The highest BCUT2D eigenvalue weighted by molar-refractivity contribution is 7.99. The normalized spacial score (nSPS) is 13.4. The minimum absolute atomic E-state index is 0.0964. The molecule has 0 saturated carbocycles. The van der Waals surface area contributed by atoms with E-state index < -0.39 is 16.6 Å². The third-order valence-electron chi connectivity index (χ3n) is 4.84. The zero-order valence-corrected chi connectivity index (χ0v) is 18.3. The number of benzene rings is 2. The Bertz CT molecular complexity index is 1170. The van der Waals surface area contributed by atoms with Gasteiger partial charge < -0.3 is 10.2 Å². The summed E-state index contributed by atoms with van der Waals surface area (Å²) in [4.78, 5) is 24.8. The van der Waals surface area contributed by atoms with Crippen LogP contribution in [0.5, 0.6) is 0 Å². The summed E-state index contributed by atoms with van der Waals surface area (Å²) in [5, 5.41) is 22.9. The Balaban J connectivity index is 1.54. The number of hydrogen-bond acceptors (Lipinski definition) is 7. The van der Waals surface area contributed by atoms with Gasteiger partial charge in [0.1, 0.15) is 5.82 Å². The molecule has 9 nitrogen and oxygen atoms in total. The quantitative estimate of drug-likeness (QED) is 0.308. The van der Waals surface area contributed by atoms with E-state index in [4.69, 9.17) is 11.6 Å². The van der Waals surface area contributed by atoms with Crippen molar-refractivity contribution in [3.8, 4) is 5.69 Å². The van der Waals surface area contributed by atoms with Crippen molar-refractivity contribution in [1.82, 2.24) is 14.8 Å². The van der Waals surface area contributed by atoms with Crippen LogP contribution in [0.25, 0.3) is 5.69 Å². The number of nitro groups is 1. The fourth-order valence-corrected chi connectivity index (χ4v) is 4.29. The summed E-state index contributed by atoms with van der Waals surface area (Å²) in [6, 6.07) is 10.2. The van der Waals surface area contributed by atoms with Gasteiger partial charge in [-0.05, 0) is 37.1 Å². The molecule has 2 heterocycles. The lowest BCUT2D eigenvalue weighted by Gasteiger charge is -2.18. The van der Waals surface area contributed by atoms with E-state index in [1.54, 1.807) is 12.1 Å². The van der Waals surface area contributed by atoms with Gasteiger partial charge >= 0.3 is 0 Å². The van der Waals surface area contributed by atoms with Gasteiger partial charge in [-0.25, -0.2) is 4.39 Å². The summed E-state index contributed by atoms with van der Waals surface area (Å²) in [7, 11) is 0. The lowest BCUT2D eigenvalue weighted by Crippen LogP contribution is -2.22. The van der Waals surface area contributed by atoms with E-state index in [1.807, 2.05) is 16.7 Å². The van der Waals surface area contributed by atoms with E-state index in [2.05, 4.69) is 20.4 Å². The molecule has 2 aromatic carbocycles. The Kier molecular flexibility index (Phi) is 6.56. The SMILES string of the molecule is O=C(CSc1nnc(N2CCCC2)n1-c1cccc(Cl)c1)Nc1cc([N+](=O)[O-])ccc1F. The van der Waals surface area contributed by atoms with Gasteiger partial charge in [0.2, 0.25) is 11.9 Å². The number of rotatable bonds is 7. The molecule has 166 valence electrons. The lowest BCUT2D eigenvalue weighted by atomic mass is 10.2. The summed E-state index contributed by atoms with van der Waals surface area (Å²) in [5.41, 5.74) is 0.196. The number of non-ortho nitro benzene ring substituents is 1. The molecule has 0 spiro atoms. The zero-order valence-electron chi connectivity index (χ0n) is 16.7. The fraction of sp³-hybridized carbons (Fsp3) is 0.250. The molecule has 32 heavy (non-hydrogen) atoms. The molecule has 1 saturated heterocycles. The van der Waals surface area contributed by atoms with Gasteiger partial charge in [-0.15, -0.1) is 10.2 Å². The minimum atomic E-state index is -0.757. The van der Waals surface area contributed by atoms with Gasteiger partial charge in [0.15, 0.2) is 5.16 Å². The monoisotopic (exact) mass is 476 g/mol. The summed E-state index contributed by atoms with van der Waals surface area (Å²) < 4.78 is 15.8. The molecule has 0 atom stereocenters.